The van der Waals surface area contributed by atoms with E-state index >= 15 is 0 Å². The zero-order valence-electron chi connectivity index (χ0n) is 13.0. The highest BCUT2D eigenvalue weighted by Gasteiger charge is 2.16. The van der Waals surface area contributed by atoms with Crippen LogP contribution in [-0.2, 0) is 0 Å². The van der Waals surface area contributed by atoms with Gasteiger partial charge in [0.25, 0.3) is 0 Å². The molecule has 3 rings (SSSR count). The van der Waals surface area contributed by atoms with E-state index in [1.807, 2.05) is 49.4 Å². The number of benzene rings is 1. The smallest absolute Gasteiger partial charge is 0.232 e. The summed E-state index contributed by atoms with van der Waals surface area (Å²) in [4.78, 5) is 8.69. The third-order valence-corrected chi connectivity index (χ3v) is 4.02. The lowest BCUT2D eigenvalue weighted by Gasteiger charge is -2.12. The van der Waals surface area contributed by atoms with Crippen LogP contribution in [0.5, 0.6) is 5.88 Å². The summed E-state index contributed by atoms with van der Waals surface area (Å²) in [6.07, 6.45) is 3.44. The highest BCUT2D eigenvalue weighted by atomic mass is 79.9. The average molecular weight is 380 g/mol. The van der Waals surface area contributed by atoms with Crippen molar-refractivity contribution in [2.75, 3.05) is 6.61 Å². The molecule has 0 fully saturated rings. The van der Waals surface area contributed by atoms with Gasteiger partial charge in [-0.1, -0.05) is 34.1 Å². The second-order valence-corrected chi connectivity index (χ2v) is 5.94. The molecule has 4 nitrogen and oxygen atoms in total. The largest absolute Gasteiger partial charge is 0.477 e. The molecule has 118 valence electrons. The number of hydrogen-bond acceptors (Lipinski definition) is 4. The van der Waals surface area contributed by atoms with E-state index in [1.54, 1.807) is 12.4 Å². The summed E-state index contributed by atoms with van der Waals surface area (Å²) < 4.78 is 6.61. The molecule has 0 N–H and O–H groups in total. The fourth-order valence-electron chi connectivity index (χ4n) is 2.39. The van der Waals surface area contributed by atoms with Crippen molar-refractivity contribution < 1.29 is 4.74 Å². The van der Waals surface area contributed by atoms with Gasteiger partial charge in [-0.15, -0.1) is 0 Å². The third-order valence-electron chi connectivity index (χ3n) is 3.49. The first-order valence-electron chi connectivity index (χ1n) is 7.47. The first kappa shape index (κ1) is 16.2. The maximum Gasteiger partial charge on any atom is 0.232 e. The van der Waals surface area contributed by atoms with Crippen molar-refractivity contribution in [1.29, 1.82) is 5.26 Å². The van der Waals surface area contributed by atoms with Gasteiger partial charge in [0.2, 0.25) is 5.88 Å². The molecule has 0 bridgehead atoms. The van der Waals surface area contributed by atoms with Gasteiger partial charge in [0.1, 0.15) is 11.6 Å². The van der Waals surface area contributed by atoms with Crippen molar-refractivity contribution in [2.45, 2.75) is 6.92 Å². The van der Waals surface area contributed by atoms with E-state index in [0.717, 1.165) is 26.9 Å². The minimum absolute atomic E-state index is 0.347. The molecule has 0 aliphatic carbocycles. The van der Waals surface area contributed by atoms with Gasteiger partial charge in [-0.25, -0.2) is 4.98 Å². The Kier molecular flexibility index (Phi) is 4.88. The second-order valence-electron chi connectivity index (χ2n) is 5.03. The fraction of sp³-hybridized carbons (Fsp3) is 0.105. The first-order valence-corrected chi connectivity index (χ1v) is 8.26. The maximum absolute atomic E-state index is 9.59. The molecule has 2 aromatic heterocycles. The van der Waals surface area contributed by atoms with Crippen LogP contribution in [-0.4, -0.2) is 16.6 Å². The zero-order chi connectivity index (χ0) is 16.9. The number of aromatic nitrogens is 2. The predicted molar refractivity (Wildman–Crippen MR) is 96.5 cm³/mol. The maximum atomic E-state index is 9.59. The quantitative estimate of drug-likeness (QED) is 0.650. The van der Waals surface area contributed by atoms with Crippen molar-refractivity contribution in [2.24, 2.45) is 0 Å². The predicted octanol–water partition coefficient (Wildman–Crippen LogP) is 4.84. The lowest BCUT2D eigenvalue weighted by atomic mass is 10.00. The van der Waals surface area contributed by atoms with Crippen LogP contribution in [0.3, 0.4) is 0 Å². The Hall–Kier alpha value is -2.71. The van der Waals surface area contributed by atoms with Gasteiger partial charge >= 0.3 is 0 Å². The number of pyridine rings is 2. The van der Waals surface area contributed by atoms with E-state index in [0.29, 0.717) is 18.1 Å². The molecular formula is C19H14BrN3O. The van der Waals surface area contributed by atoms with Crippen LogP contribution >= 0.6 is 15.9 Å². The first-order chi connectivity index (χ1) is 11.7. The molecule has 3 aromatic rings. The summed E-state index contributed by atoms with van der Waals surface area (Å²) in [5, 5.41) is 9.59. The van der Waals surface area contributed by atoms with Crippen molar-refractivity contribution in [3.8, 4) is 34.3 Å². The van der Waals surface area contributed by atoms with Crippen molar-refractivity contribution >= 4 is 15.9 Å². The van der Waals surface area contributed by atoms with Gasteiger partial charge in [0.15, 0.2) is 0 Å². The number of nitriles is 1. The van der Waals surface area contributed by atoms with Crippen LogP contribution in [0.4, 0.5) is 0 Å². The zero-order valence-corrected chi connectivity index (χ0v) is 14.6. The van der Waals surface area contributed by atoms with Crippen molar-refractivity contribution in [3.63, 3.8) is 0 Å². The normalized spacial score (nSPS) is 10.2. The Morgan fingerprint density at radius 3 is 2.58 bits per heavy atom. The Labute approximate surface area is 148 Å². The van der Waals surface area contributed by atoms with E-state index < -0.39 is 0 Å². The minimum Gasteiger partial charge on any atom is -0.477 e. The van der Waals surface area contributed by atoms with E-state index in [1.165, 1.54) is 0 Å². The molecule has 0 radical (unpaired) electrons. The van der Waals surface area contributed by atoms with Gasteiger partial charge in [0.05, 0.1) is 12.3 Å². The molecule has 0 spiro atoms. The Bertz CT molecular complexity index is 887. The Balaban J connectivity index is 2.23. The fourth-order valence-corrected chi connectivity index (χ4v) is 2.65. The number of rotatable bonds is 4. The lowest BCUT2D eigenvalue weighted by Crippen LogP contribution is -2.01. The standard InChI is InChI=1S/C19H14BrN3O/c1-2-24-19-17(11-21)16(14-4-3-9-22-12-14)10-18(23-19)13-5-7-15(20)8-6-13/h3-10,12H,2H2,1H3. The summed E-state index contributed by atoms with van der Waals surface area (Å²) in [5.74, 6) is 0.347. The molecule has 0 saturated carbocycles. The highest BCUT2D eigenvalue weighted by molar-refractivity contribution is 9.10. The highest BCUT2D eigenvalue weighted by Crippen LogP contribution is 2.33. The van der Waals surface area contributed by atoms with Gasteiger partial charge in [-0.2, -0.15) is 5.26 Å². The van der Waals surface area contributed by atoms with E-state index in [9.17, 15) is 5.26 Å². The van der Waals surface area contributed by atoms with Gasteiger partial charge < -0.3 is 4.74 Å². The molecule has 1 aromatic carbocycles. The molecule has 0 atom stereocenters. The Morgan fingerprint density at radius 2 is 1.96 bits per heavy atom. The third kappa shape index (κ3) is 3.29. The number of hydrogen-bond donors (Lipinski definition) is 0. The monoisotopic (exact) mass is 379 g/mol. The molecule has 0 amide bonds. The van der Waals surface area contributed by atoms with Crippen LogP contribution < -0.4 is 4.74 Å². The summed E-state index contributed by atoms with van der Waals surface area (Å²) in [5.41, 5.74) is 3.75. The molecule has 0 unspecified atom stereocenters. The van der Waals surface area contributed by atoms with Gasteiger partial charge in [-0.05, 0) is 31.2 Å². The Morgan fingerprint density at radius 1 is 1.17 bits per heavy atom. The van der Waals surface area contributed by atoms with Crippen LogP contribution in [0.2, 0.25) is 0 Å². The van der Waals surface area contributed by atoms with Gasteiger partial charge in [-0.3, -0.25) is 4.98 Å². The summed E-state index contributed by atoms with van der Waals surface area (Å²) in [6.45, 7) is 2.32. The van der Waals surface area contributed by atoms with Crippen LogP contribution in [0.25, 0.3) is 22.4 Å². The van der Waals surface area contributed by atoms with E-state index in [4.69, 9.17) is 4.74 Å². The summed E-state index contributed by atoms with van der Waals surface area (Å²) in [7, 11) is 0. The van der Waals surface area contributed by atoms with Crippen molar-refractivity contribution in [1.82, 2.24) is 9.97 Å². The average Bonchev–Trinajstić information content (AvgIpc) is 2.63. The number of nitrogens with zero attached hydrogens (tertiary/aromatic N) is 3. The molecule has 0 saturated heterocycles. The SMILES string of the molecule is CCOc1nc(-c2ccc(Br)cc2)cc(-c2cccnc2)c1C#N. The topological polar surface area (TPSA) is 58.8 Å². The van der Waals surface area contributed by atoms with Crippen LogP contribution in [0.15, 0.2) is 59.3 Å². The molecular weight excluding hydrogens is 366 g/mol. The van der Waals surface area contributed by atoms with Crippen LogP contribution in [0.1, 0.15) is 12.5 Å². The number of halogens is 1. The van der Waals surface area contributed by atoms with Crippen LogP contribution in [0, 0.1) is 11.3 Å². The molecule has 0 aliphatic rings. The molecule has 0 aliphatic heterocycles. The summed E-state index contributed by atoms with van der Waals surface area (Å²) >= 11 is 3.43. The van der Waals surface area contributed by atoms with E-state index in [-0.39, 0.29) is 0 Å². The molecule has 2 heterocycles. The molecule has 5 heteroatoms. The minimum atomic E-state index is 0.347. The van der Waals surface area contributed by atoms with Crippen molar-refractivity contribution in [3.05, 3.63) is 64.9 Å². The molecule has 24 heavy (non-hydrogen) atoms. The lowest BCUT2D eigenvalue weighted by molar-refractivity contribution is 0.326. The second kappa shape index (κ2) is 7.24. The number of ether oxygens (including phenoxy) is 1. The van der Waals surface area contributed by atoms with Gasteiger partial charge in [0, 0.05) is 33.6 Å². The summed E-state index contributed by atoms with van der Waals surface area (Å²) in [6, 6.07) is 15.7. The van der Waals surface area contributed by atoms with E-state index in [2.05, 4.69) is 32.0 Å².